The van der Waals surface area contributed by atoms with Crippen LogP contribution in [0.1, 0.15) is 44.9 Å². The first-order chi connectivity index (χ1) is 13.7. The summed E-state index contributed by atoms with van der Waals surface area (Å²) in [4.78, 5) is 0. The van der Waals surface area contributed by atoms with Gasteiger partial charge >= 0.3 is 0 Å². The Morgan fingerprint density at radius 2 is 2.14 bits per heavy atom. The van der Waals surface area contributed by atoms with Crippen LogP contribution in [0.3, 0.4) is 0 Å². The number of nitriles is 1. The van der Waals surface area contributed by atoms with E-state index in [1.165, 1.54) is 19.3 Å². The van der Waals surface area contributed by atoms with Gasteiger partial charge in [0.1, 0.15) is 6.17 Å². The van der Waals surface area contributed by atoms with Gasteiger partial charge in [-0.05, 0) is 55.8 Å². The number of thioether (sulfide) groups is 1. The van der Waals surface area contributed by atoms with Gasteiger partial charge in [0.2, 0.25) is 0 Å². The second kappa shape index (κ2) is 9.83. The molecule has 0 bridgehead atoms. The number of nitrogens with zero attached hydrogens (tertiary/aromatic N) is 1. The molecule has 0 spiro atoms. The Bertz CT molecular complexity index is 558. The monoisotopic (exact) mass is 429 g/mol. The number of halogens is 2. The summed E-state index contributed by atoms with van der Waals surface area (Å²) in [7, 11) is 0. The van der Waals surface area contributed by atoms with E-state index >= 15 is 0 Å². The smallest absolute Gasteiger partial charge is 0.116 e. The Hall–Kier alpha value is -0.0600. The lowest BCUT2D eigenvalue weighted by Gasteiger charge is -2.48. The van der Waals surface area contributed by atoms with E-state index in [1.807, 2.05) is 11.8 Å². The Labute approximate surface area is 177 Å². The third-order valence-corrected chi connectivity index (χ3v) is 9.41. The molecule has 0 radical (unpaired) electrons. The minimum absolute atomic E-state index is 0.000111. The molecule has 9 atom stereocenters. The van der Waals surface area contributed by atoms with E-state index in [0.717, 1.165) is 38.4 Å². The average molecular weight is 430 g/mol. The second-order valence-corrected chi connectivity index (χ2v) is 10.7. The maximum Gasteiger partial charge on any atom is 0.116 e. The van der Waals surface area contributed by atoms with Crippen molar-refractivity contribution in [2.75, 3.05) is 25.6 Å². The first-order valence-corrected chi connectivity index (χ1v) is 12.5. The molecule has 158 valence electrons. The van der Waals surface area contributed by atoms with Gasteiger partial charge in [-0.15, -0.1) is 23.4 Å². The molecule has 0 aromatic heterocycles. The van der Waals surface area contributed by atoms with Gasteiger partial charge < -0.3 is 10.1 Å². The molecule has 2 saturated heterocycles. The maximum atomic E-state index is 14.6. The minimum atomic E-state index is -0.961. The van der Waals surface area contributed by atoms with Gasteiger partial charge in [-0.25, -0.2) is 4.39 Å². The van der Waals surface area contributed by atoms with Crippen LogP contribution in [0, 0.1) is 40.9 Å². The summed E-state index contributed by atoms with van der Waals surface area (Å²) in [6, 6.07) is 2.18. The van der Waals surface area contributed by atoms with Crippen LogP contribution in [0.25, 0.3) is 0 Å². The van der Waals surface area contributed by atoms with Crippen molar-refractivity contribution in [1.29, 1.82) is 5.26 Å². The minimum Gasteiger partial charge on any atom is -0.376 e. The summed E-state index contributed by atoms with van der Waals surface area (Å²) in [5, 5.41) is 16.5. The van der Waals surface area contributed by atoms with Crippen molar-refractivity contribution in [2.45, 2.75) is 68.0 Å². The normalized spacial score (nSPS) is 47.5. The lowest BCUT2D eigenvalue weighted by Crippen LogP contribution is -2.47. The fraction of sp³-hybridized carbons (Fsp3) is 0.952. The van der Waals surface area contributed by atoms with Gasteiger partial charge in [-0.1, -0.05) is 12.8 Å². The van der Waals surface area contributed by atoms with Crippen molar-refractivity contribution in [2.24, 2.45) is 29.6 Å². The predicted octanol–water partition coefficient (Wildman–Crippen LogP) is 3.90. The van der Waals surface area contributed by atoms with E-state index in [9.17, 15) is 9.65 Å². The molecule has 2 heterocycles. The van der Waals surface area contributed by atoms with Gasteiger partial charge in [0.15, 0.2) is 0 Å². The molecule has 2 aliphatic heterocycles. The van der Waals surface area contributed by atoms with E-state index in [1.54, 1.807) is 0 Å². The Morgan fingerprint density at radius 3 is 2.82 bits per heavy atom. The quantitative estimate of drug-likeness (QED) is 0.524. The molecule has 28 heavy (non-hydrogen) atoms. The Kier molecular flexibility index (Phi) is 7.44. The lowest BCUT2D eigenvalue weighted by molar-refractivity contribution is -0.0165. The summed E-state index contributed by atoms with van der Waals surface area (Å²) >= 11 is 8.66. The molecule has 0 aromatic rings. The third-order valence-electron chi connectivity index (χ3n) is 7.53. The van der Waals surface area contributed by atoms with Gasteiger partial charge in [-0.3, -0.25) is 5.32 Å². The van der Waals surface area contributed by atoms with E-state index < -0.39 is 12.1 Å². The number of alkyl halides is 2. The Morgan fingerprint density at radius 1 is 1.25 bits per heavy atom. The topological polar surface area (TPSA) is 57.1 Å². The standard InChI is InChI=1S/C21H33ClFN3OS/c22-21-20(28-12-26-21)19-14(8-16-11-25-6-7-27-16)2-1-3-17(19)13-4-5-15(10-24)18(23)9-13/h13-21,25-26H,1-9,11-12H2/t13?,14?,15?,16-,17?,18?,19?,20?,21?/m1/s1. The largest absolute Gasteiger partial charge is 0.376 e. The lowest BCUT2D eigenvalue weighted by atomic mass is 9.61. The molecule has 0 amide bonds. The van der Waals surface area contributed by atoms with Gasteiger partial charge in [0.25, 0.3) is 0 Å². The average Bonchev–Trinajstić information content (AvgIpc) is 3.14. The summed E-state index contributed by atoms with van der Waals surface area (Å²) in [5.74, 6) is 2.52. The van der Waals surface area contributed by atoms with E-state index in [0.29, 0.717) is 41.8 Å². The van der Waals surface area contributed by atoms with Gasteiger partial charge in [0.05, 0.1) is 30.2 Å². The predicted molar refractivity (Wildman–Crippen MR) is 112 cm³/mol. The molecule has 0 aromatic carbocycles. The molecule has 4 aliphatic rings. The van der Waals surface area contributed by atoms with E-state index in [4.69, 9.17) is 16.3 Å². The highest BCUT2D eigenvalue weighted by atomic mass is 35.5. The van der Waals surface area contributed by atoms with Crippen molar-refractivity contribution in [3.8, 4) is 6.07 Å². The van der Waals surface area contributed by atoms with Crippen molar-refractivity contribution < 1.29 is 9.13 Å². The molecule has 4 rings (SSSR count). The summed E-state index contributed by atoms with van der Waals surface area (Å²) < 4.78 is 20.6. The van der Waals surface area contributed by atoms with Crippen LogP contribution < -0.4 is 10.6 Å². The molecule has 2 N–H and O–H groups in total. The first kappa shape index (κ1) is 21.2. The number of hydrogen-bond donors (Lipinski definition) is 2. The molecule has 4 fully saturated rings. The van der Waals surface area contributed by atoms with Crippen LogP contribution in [0.5, 0.6) is 0 Å². The van der Waals surface area contributed by atoms with E-state index in [2.05, 4.69) is 16.7 Å². The first-order valence-electron chi connectivity index (χ1n) is 11.0. The summed E-state index contributed by atoms with van der Waals surface area (Å²) in [5.41, 5.74) is 0.000111. The van der Waals surface area contributed by atoms with Crippen molar-refractivity contribution in [1.82, 2.24) is 10.6 Å². The molecular formula is C21H33ClFN3OS. The number of morpholine rings is 1. The van der Waals surface area contributed by atoms with Gasteiger partial charge in [0, 0.05) is 24.2 Å². The zero-order chi connectivity index (χ0) is 19.5. The zero-order valence-electron chi connectivity index (χ0n) is 16.5. The Balaban J connectivity index is 1.51. The van der Waals surface area contributed by atoms with Crippen LogP contribution in [0.4, 0.5) is 4.39 Å². The molecule has 2 saturated carbocycles. The maximum absolute atomic E-state index is 14.6. The zero-order valence-corrected chi connectivity index (χ0v) is 18.1. The van der Waals surface area contributed by atoms with Crippen molar-refractivity contribution >= 4 is 23.4 Å². The number of rotatable bonds is 4. The highest BCUT2D eigenvalue weighted by molar-refractivity contribution is 8.00. The van der Waals surface area contributed by atoms with Crippen molar-refractivity contribution in [3.05, 3.63) is 0 Å². The van der Waals surface area contributed by atoms with Crippen LogP contribution in [-0.4, -0.2) is 48.6 Å². The third kappa shape index (κ3) is 4.64. The van der Waals surface area contributed by atoms with Crippen LogP contribution in [0.15, 0.2) is 0 Å². The van der Waals surface area contributed by atoms with E-state index in [-0.39, 0.29) is 11.6 Å². The fourth-order valence-electron chi connectivity index (χ4n) is 6.21. The molecular weight excluding hydrogens is 397 g/mol. The van der Waals surface area contributed by atoms with Crippen molar-refractivity contribution in [3.63, 3.8) is 0 Å². The summed E-state index contributed by atoms with van der Waals surface area (Å²) in [6.07, 6.45) is 6.31. The summed E-state index contributed by atoms with van der Waals surface area (Å²) in [6.45, 7) is 2.68. The van der Waals surface area contributed by atoms with Crippen LogP contribution in [0.2, 0.25) is 0 Å². The molecule has 7 heteroatoms. The van der Waals surface area contributed by atoms with Crippen LogP contribution in [-0.2, 0) is 4.74 Å². The number of hydrogen-bond acceptors (Lipinski definition) is 5. The molecule has 2 aliphatic carbocycles. The highest BCUT2D eigenvalue weighted by Gasteiger charge is 2.48. The molecule has 4 nitrogen and oxygen atoms in total. The number of nitrogens with one attached hydrogen (secondary N) is 2. The SMILES string of the molecule is N#CC1CCC(C2CCCC(C[C@@H]3CNCCO3)C2C2SCNC2Cl)CC1F. The highest BCUT2D eigenvalue weighted by Crippen LogP contribution is 2.51. The number of ether oxygens (including phenoxy) is 1. The van der Waals surface area contributed by atoms with Crippen LogP contribution >= 0.6 is 23.4 Å². The second-order valence-electron chi connectivity index (χ2n) is 9.07. The fourth-order valence-corrected chi connectivity index (χ4v) is 8.14. The molecule has 8 unspecified atom stereocenters. The van der Waals surface area contributed by atoms with Gasteiger partial charge in [-0.2, -0.15) is 5.26 Å².